The van der Waals surface area contributed by atoms with Crippen LogP contribution in [0.2, 0.25) is 0 Å². The van der Waals surface area contributed by atoms with E-state index in [-0.39, 0.29) is 30.4 Å². The van der Waals surface area contributed by atoms with Crippen LogP contribution in [0.3, 0.4) is 0 Å². The first kappa shape index (κ1) is 28.0. The Balaban J connectivity index is 1.24. The lowest BCUT2D eigenvalue weighted by atomic mass is 9.77. The molecule has 2 saturated carbocycles. The second-order valence-corrected chi connectivity index (χ2v) is 11.3. The van der Waals surface area contributed by atoms with Crippen molar-refractivity contribution in [3.63, 3.8) is 0 Å². The first-order valence-corrected chi connectivity index (χ1v) is 14.5. The van der Waals surface area contributed by atoms with Crippen LogP contribution in [0.1, 0.15) is 119 Å². The molecule has 5 heteroatoms. The topological polar surface area (TPSA) is 18.5 Å². The predicted molar refractivity (Wildman–Crippen MR) is 143 cm³/mol. The highest BCUT2D eigenvalue weighted by molar-refractivity contribution is 5.32. The maximum Gasteiger partial charge on any atom is 0.162 e. The summed E-state index contributed by atoms with van der Waals surface area (Å²) in [6.07, 6.45) is 11.5. The molecule has 0 heterocycles. The van der Waals surface area contributed by atoms with Crippen molar-refractivity contribution in [1.82, 2.24) is 0 Å². The smallest absolute Gasteiger partial charge is 0.162 e. The monoisotopic (exact) mass is 516 g/mol. The molecule has 0 atom stereocenters. The zero-order valence-corrected chi connectivity index (χ0v) is 22.5. The molecule has 2 aliphatic rings. The molecule has 37 heavy (non-hydrogen) atoms. The molecule has 204 valence electrons. The summed E-state index contributed by atoms with van der Waals surface area (Å²) in [5.74, 6) is -0.248. The Kier molecular flexibility index (Phi) is 10.4. The Morgan fingerprint density at radius 2 is 1.38 bits per heavy atom. The summed E-state index contributed by atoms with van der Waals surface area (Å²) in [5.41, 5.74) is 1.57. The van der Waals surface area contributed by atoms with E-state index in [0.29, 0.717) is 35.0 Å². The van der Waals surface area contributed by atoms with Crippen molar-refractivity contribution in [2.45, 2.75) is 115 Å². The number of hydrogen-bond acceptors (Lipinski definition) is 2. The zero-order chi connectivity index (χ0) is 26.2. The summed E-state index contributed by atoms with van der Waals surface area (Å²) in [6.45, 7) is 5.20. The fraction of sp³-hybridized carbons (Fsp3) is 0.625. The van der Waals surface area contributed by atoms with Gasteiger partial charge in [-0.2, -0.15) is 0 Å². The van der Waals surface area contributed by atoms with E-state index < -0.39 is 11.6 Å². The number of benzene rings is 2. The van der Waals surface area contributed by atoms with Gasteiger partial charge in [0, 0.05) is 11.6 Å². The van der Waals surface area contributed by atoms with Crippen LogP contribution in [0, 0.1) is 23.4 Å². The molecule has 2 aromatic carbocycles. The van der Waals surface area contributed by atoms with E-state index >= 15 is 8.78 Å². The molecular formula is C32H43F3O2. The number of halogens is 3. The van der Waals surface area contributed by atoms with Crippen LogP contribution >= 0.6 is 0 Å². The molecular weight excluding hydrogens is 473 g/mol. The van der Waals surface area contributed by atoms with Gasteiger partial charge in [-0.25, -0.2) is 13.2 Å². The summed E-state index contributed by atoms with van der Waals surface area (Å²) in [7, 11) is 0. The molecule has 0 aromatic heterocycles. The summed E-state index contributed by atoms with van der Waals surface area (Å²) >= 11 is 0. The van der Waals surface area contributed by atoms with Crippen molar-refractivity contribution in [2.24, 2.45) is 5.92 Å². The first-order valence-electron chi connectivity index (χ1n) is 14.5. The molecule has 0 radical (unpaired) electrons. The summed E-state index contributed by atoms with van der Waals surface area (Å²) < 4.78 is 56.3. The average Bonchev–Trinajstić information content (AvgIpc) is 2.91. The summed E-state index contributed by atoms with van der Waals surface area (Å²) in [4.78, 5) is 0. The van der Waals surface area contributed by atoms with Crippen molar-refractivity contribution in [3.05, 3.63) is 64.5 Å². The lowest BCUT2D eigenvalue weighted by Crippen LogP contribution is -2.22. The van der Waals surface area contributed by atoms with Gasteiger partial charge < -0.3 is 9.47 Å². The van der Waals surface area contributed by atoms with Crippen LogP contribution in [0.4, 0.5) is 13.2 Å². The lowest BCUT2D eigenvalue weighted by Gasteiger charge is -2.30. The van der Waals surface area contributed by atoms with Crippen molar-refractivity contribution in [3.8, 4) is 5.75 Å². The minimum atomic E-state index is -0.657. The number of rotatable bonds is 11. The third kappa shape index (κ3) is 7.52. The third-order valence-corrected chi connectivity index (χ3v) is 8.48. The molecule has 0 aliphatic heterocycles. The molecule has 2 nitrogen and oxygen atoms in total. The molecule has 2 aliphatic carbocycles. The van der Waals surface area contributed by atoms with Gasteiger partial charge in [0.15, 0.2) is 11.6 Å². The summed E-state index contributed by atoms with van der Waals surface area (Å²) in [6, 6.07) is 8.62. The Morgan fingerprint density at radius 1 is 0.757 bits per heavy atom. The average molecular weight is 517 g/mol. The van der Waals surface area contributed by atoms with Gasteiger partial charge >= 0.3 is 0 Å². The van der Waals surface area contributed by atoms with E-state index in [1.54, 1.807) is 12.1 Å². The highest BCUT2D eigenvalue weighted by Gasteiger charge is 2.29. The van der Waals surface area contributed by atoms with E-state index in [1.807, 2.05) is 12.1 Å². The molecule has 2 fully saturated rings. The number of hydrogen-bond donors (Lipinski definition) is 0. The quantitative estimate of drug-likeness (QED) is 0.277. The molecule has 2 aromatic rings. The fourth-order valence-corrected chi connectivity index (χ4v) is 5.98. The second kappa shape index (κ2) is 13.7. The van der Waals surface area contributed by atoms with Crippen molar-refractivity contribution >= 4 is 0 Å². The maximum atomic E-state index is 15.1. The molecule has 0 unspecified atom stereocenters. The Morgan fingerprint density at radius 3 is 1.97 bits per heavy atom. The highest BCUT2D eigenvalue weighted by Crippen LogP contribution is 2.40. The van der Waals surface area contributed by atoms with Gasteiger partial charge in [0.1, 0.15) is 11.6 Å². The summed E-state index contributed by atoms with van der Waals surface area (Å²) in [5, 5.41) is 0. The van der Waals surface area contributed by atoms with Crippen LogP contribution in [-0.2, 0) is 11.3 Å². The SMILES string of the molecule is CCCCCCOc1ccc(COC2CCC(c3ccc(C4CCC(C)CC4)c(F)c3F)CC2)c(F)c1. The van der Waals surface area contributed by atoms with Crippen LogP contribution < -0.4 is 4.74 Å². The fourth-order valence-electron chi connectivity index (χ4n) is 5.98. The van der Waals surface area contributed by atoms with Gasteiger partial charge in [-0.05, 0) is 79.9 Å². The third-order valence-electron chi connectivity index (χ3n) is 8.48. The molecule has 0 spiro atoms. The van der Waals surface area contributed by atoms with Crippen LogP contribution in [-0.4, -0.2) is 12.7 Å². The first-order chi connectivity index (χ1) is 18.0. The molecule has 4 rings (SSSR count). The van der Waals surface area contributed by atoms with Gasteiger partial charge in [0.25, 0.3) is 0 Å². The molecule has 0 saturated heterocycles. The van der Waals surface area contributed by atoms with E-state index in [2.05, 4.69) is 13.8 Å². The standard InChI is InChI=1S/C32H43F3O2/c1-3-4-5-6-19-36-27-16-13-25(30(33)20-27)21-37-26-14-11-24(12-15-26)29-18-17-28(31(34)32(29)35)23-9-7-22(2)8-10-23/h13,16-18,20,22-24,26H,3-12,14-15,19,21H2,1-2H3. The van der Waals surface area contributed by atoms with E-state index in [4.69, 9.17) is 9.47 Å². The lowest BCUT2D eigenvalue weighted by molar-refractivity contribution is 0.0118. The largest absolute Gasteiger partial charge is 0.493 e. The van der Waals surface area contributed by atoms with Gasteiger partial charge in [-0.3, -0.25) is 0 Å². The van der Waals surface area contributed by atoms with Crippen molar-refractivity contribution in [2.75, 3.05) is 6.61 Å². The zero-order valence-electron chi connectivity index (χ0n) is 22.5. The normalized spacial score (nSPS) is 24.2. The van der Waals surface area contributed by atoms with E-state index in [1.165, 1.54) is 18.9 Å². The Bertz CT molecular complexity index is 992. The molecule has 0 bridgehead atoms. The Labute approximate surface area is 220 Å². The molecule has 0 amide bonds. The van der Waals surface area contributed by atoms with Gasteiger partial charge in [-0.1, -0.05) is 64.2 Å². The van der Waals surface area contributed by atoms with E-state index in [0.717, 1.165) is 64.2 Å². The minimum Gasteiger partial charge on any atom is -0.493 e. The van der Waals surface area contributed by atoms with Crippen LogP contribution in [0.25, 0.3) is 0 Å². The van der Waals surface area contributed by atoms with Gasteiger partial charge in [-0.15, -0.1) is 0 Å². The van der Waals surface area contributed by atoms with Crippen LogP contribution in [0.5, 0.6) is 5.75 Å². The number of ether oxygens (including phenoxy) is 2. The van der Waals surface area contributed by atoms with Crippen LogP contribution in [0.15, 0.2) is 30.3 Å². The van der Waals surface area contributed by atoms with Gasteiger partial charge in [0.05, 0.1) is 19.3 Å². The minimum absolute atomic E-state index is 0.000252. The van der Waals surface area contributed by atoms with Gasteiger partial charge in [0.2, 0.25) is 0 Å². The molecule has 0 N–H and O–H groups in total. The van der Waals surface area contributed by atoms with Crippen molar-refractivity contribution in [1.29, 1.82) is 0 Å². The second-order valence-electron chi connectivity index (χ2n) is 11.3. The Hall–Kier alpha value is -2.01. The maximum absolute atomic E-state index is 15.1. The predicted octanol–water partition coefficient (Wildman–Crippen LogP) is 9.60. The van der Waals surface area contributed by atoms with Crippen molar-refractivity contribution < 1.29 is 22.6 Å². The van der Waals surface area contributed by atoms with E-state index in [9.17, 15) is 4.39 Å². The highest BCUT2D eigenvalue weighted by atomic mass is 19.2. The number of unbranched alkanes of at least 4 members (excludes halogenated alkanes) is 3.